The number of rotatable bonds is 11. The maximum atomic E-state index is 12.7. The Morgan fingerprint density at radius 1 is 0.750 bits per heavy atom. The third-order valence-corrected chi connectivity index (χ3v) is 4.52. The number of imide groups is 1. The van der Waals surface area contributed by atoms with Crippen LogP contribution in [0.2, 0.25) is 0 Å². The molecule has 1 unspecified atom stereocenters. The highest BCUT2D eigenvalue weighted by Crippen LogP contribution is 2.16. The van der Waals surface area contributed by atoms with Crippen molar-refractivity contribution in [1.82, 2.24) is 4.90 Å². The molecule has 0 aliphatic rings. The van der Waals surface area contributed by atoms with Gasteiger partial charge in [-0.25, -0.2) is 14.4 Å². The van der Waals surface area contributed by atoms with E-state index in [1.165, 1.54) is 0 Å². The topological polar surface area (TPSA) is 130 Å². The zero-order valence-electron chi connectivity index (χ0n) is 17.4. The van der Waals surface area contributed by atoms with E-state index in [1.54, 1.807) is 60.7 Å². The van der Waals surface area contributed by atoms with E-state index >= 15 is 0 Å². The van der Waals surface area contributed by atoms with Gasteiger partial charge in [0.1, 0.15) is 19.3 Å². The van der Waals surface area contributed by atoms with Crippen LogP contribution in [0.1, 0.15) is 36.8 Å². The van der Waals surface area contributed by atoms with Gasteiger partial charge in [-0.15, -0.1) is 0 Å². The number of hydrogen-bond donors (Lipinski definition) is 2. The van der Waals surface area contributed by atoms with Crippen LogP contribution in [0.5, 0.6) is 0 Å². The smallest absolute Gasteiger partial charge is 0.420 e. The molecule has 9 nitrogen and oxygen atoms in total. The highest BCUT2D eigenvalue weighted by atomic mass is 16.6. The van der Waals surface area contributed by atoms with E-state index in [9.17, 15) is 24.3 Å². The first-order valence-corrected chi connectivity index (χ1v) is 10.0. The molecule has 0 saturated carbocycles. The highest BCUT2D eigenvalue weighted by Gasteiger charge is 2.37. The fraction of sp³-hybridized carbons (Fsp3) is 0.304. The number of carboxylic acid groups (broad SMARTS) is 2. The van der Waals surface area contributed by atoms with Crippen LogP contribution in [0, 0.1) is 0 Å². The van der Waals surface area contributed by atoms with Crippen LogP contribution in [-0.4, -0.2) is 45.3 Å². The Morgan fingerprint density at radius 2 is 1.22 bits per heavy atom. The molecule has 0 radical (unpaired) electrons. The Balaban J connectivity index is 2.12. The molecule has 0 aromatic heterocycles. The predicted octanol–water partition coefficient (Wildman–Crippen LogP) is 4.06. The van der Waals surface area contributed by atoms with Crippen molar-refractivity contribution in [3.05, 3.63) is 71.8 Å². The lowest BCUT2D eigenvalue weighted by atomic mass is 10.1. The average molecular weight is 443 g/mol. The lowest BCUT2D eigenvalue weighted by molar-refractivity contribution is -0.142. The Kier molecular flexibility index (Phi) is 9.70. The summed E-state index contributed by atoms with van der Waals surface area (Å²) in [5.41, 5.74) is 1.32. The van der Waals surface area contributed by atoms with Crippen molar-refractivity contribution in [3.8, 4) is 0 Å². The van der Waals surface area contributed by atoms with Gasteiger partial charge in [-0.05, 0) is 24.0 Å². The normalized spacial score (nSPS) is 11.2. The number of aliphatic carboxylic acids is 2. The number of benzene rings is 2. The summed E-state index contributed by atoms with van der Waals surface area (Å²) in [6, 6.07) is 15.9. The molecule has 0 aliphatic carbocycles. The number of carboxylic acids is 2. The van der Waals surface area contributed by atoms with Crippen molar-refractivity contribution in [2.24, 2.45) is 0 Å². The standard InChI is InChI=1S/C23H25NO8/c25-20(26)14-8-7-13-19(21(27)28)24(22(29)31-15-17-9-3-1-4-10-17)23(30)32-16-18-11-5-2-6-12-18/h1-6,9-12,19H,7-8,13-16H2,(H,25,26)(H,27,28). The fourth-order valence-electron chi connectivity index (χ4n) is 2.88. The van der Waals surface area contributed by atoms with Gasteiger partial charge in [0.15, 0.2) is 0 Å². The van der Waals surface area contributed by atoms with E-state index in [4.69, 9.17) is 14.6 Å². The van der Waals surface area contributed by atoms with Crippen molar-refractivity contribution in [2.45, 2.75) is 44.9 Å². The number of carbonyl (C=O) groups is 4. The summed E-state index contributed by atoms with van der Waals surface area (Å²) >= 11 is 0. The van der Waals surface area contributed by atoms with Crippen molar-refractivity contribution < 1.29 is 38.9 Å². The van der Waals surface area contributed by atoms with Crippen LogP contribution in [0.15, 0.2) is 60.7 Å². The van der Waals surface area contributed by atoms with Crippen LogP contribution in [0.25, 0.3) is 0 Å². The fourth-order valence-corrected chi connectivity index (χ4v) is 2.88. The molecule has 0 bridgehead atoms. The van der Waals surface area contributed by atoms with Gasteiger partial charge >= 0.3 is 24.1 Å². The van der Waals surface area contributed by atoms with Gasteiger partial charge in [-0.2, -0.15) is 4.90 Å². The molecule has 2 N–H and O–H groups in total. The van der Waals surface area contributed by atoms with Gasteiger partial charge in [0, 0.05) is 6.42 Å². The second kappa shape index (κ2) is 12.7. The van der Waals surface area contributed by atoms with E-state index < -0.39 is 30.2 Å². The Labute approximate surface area is 185 Å². The maximum Gasteiger partial charge on any atom is 0.420 e. The molecule has 2 aromatic rings. The summed E-state index contributed by atoms with van der Waals surface area (Å²) in [6.07, 6.45) is -2.22. The number of amides is 2. The van der Waals surface area contributed by atoms with Gasteiger partial charge in [-0.3, -0.25) is 4.79 Å². The molecule has 2 amide bonds. The molecule has 9 heteroatoms. The molecule has 2 aromatic carbocycles. The zero-order valence-corrected chi connectivity index (χ0v) is 17.4. The minimum atomic E-state index is -1.56. The van der Waals surface area contributed by atoms with Crippen molar-refractivity contribution >= 4 is 24.1 Å². The summed E-state index contributed by atoms with van der Waals surface area (Å²) in [5.74, 6) is -2.44. The highest BCUT2D eigenvalue weighted by molar-refractivity contribution is 5.93. The summed E-state index contributed by atoms with van der Waals surface area (Å²) in [5, 5.41) is 18.4. The van der Waals surface area contributed by atoms with E-state index in [0.29, 0.717) is 16.0 Å². The minimum Gasteiger partial charge on any atom is -0.481 e. The van der Waals surface area contributed by atoms with Gasteiger partial charge in [-0.1, -0.05) is 67.1 Å². The second-order valence-corrected chi connectivity index (χ2v) is 6.94. The number of nitrogens with zero attached hydrogens (tertiary/aromatic N) is 1. The molecular weight excluding hydrogens is 418 g/mol. The van der Waals surface area contributed by atoms with Gasteiger partial charge < -0.3 is 19.7 Å². The molecule has 2 rings (SSSR count). The summed E-state index contributed by atoms with van der Waals surface area (Å²) < 4.78 is 10.3. The Bertz CT molecular complexity index is 845. The summed E-state index contributed by atoms with van der Waals surface area (Å²) in [7, 11) is 0. The quantitative estimate of drug-likeness (QED) is 0.497. The van der Waals surface area contributed by atoms with E-state index in [0.717, 1.165) is 0 Å². The Hall–Kier alpha value is -3.88. The predicted molar refractivity (Wildman–Crippen MR) is 113 cm³/mol. The van der Waals surface area contributed by atoms with Crippen LogP contribution >= 0.6 is 0 Å². The maximum absolute atomic E-state index is 12.7. The molecule has 0 heterocycles. The average Bonchev–Trinajstić information content (AvgIpc) is 2.79. The number of hydrogen-bond acceptors (Lipinski definition) is 6. The second-order valence-electron chi connectivity index (χ2n) is 6.94. The molecule has 0 saturated heterocycles. The third kappa shape index (κ3) is 8.10. The van der Waals surface area contributed by atoms with Crippen molar-refractivity contribution in [1.29, 1.82) is 0 Å². The Morgan fingerprint density at radius 3 is 1.62 bits per heavy atom. The number of carbonyl (C=O) groups excluding carboxylic acids is 2. The molecule has 32 heavy (non-hydrogen) atoms. The van der Waals surface area contributed by atoms with E-state index in [1.807, 2.05) is 0 Å². The summed E-state index contributed by atoms with van der Waals surface area (Å²) in [6.45, 7) is -0.318. The van der Waals surface area contributed by atoms with E-state index in [2.05, 4.69) is 0 Å². The lowest BCUT2D eigenvalue weighted by Gasteiger charge is -2.26. The monoisotopic (exact) mass is 443 g/mol. The van der Waals surface area contributed by atoms with Crippen molar-refractivity contribution in [3.63, 3.8) is 0 Å². The molecule has 0 spiro atoms. The van der Waals surface area contributed by atoms with Gasteiger partial charge in [0.25, 0.3) is 0 Å². The molecular formula is C23H25NO8. The zero-order chi connectivity index (χ0) is 23.3. The summed E-state index contributed by atoms with van der Waals surface area (Å²) in [4.78, 5) is 48.4. The first-order chi connectivity index (χ1) is 15.4. The van der Waals surface area contributed by atoms with Crippen molar-refractivity contribution in [2.75, 3.05) is 0 Å². The first kappa shape index (κ1) is 24.4. The number of ether oxygens (including phenoxy) is 2. The minimum absolute atomic E-state index is 0.135. The lowest BCUT2D eigenvalue weighted by Crippen LogP contribution is -2.49. The van der Waals surface area contributed by atoms with Crippen LogP contribution in [0.3, 0.4) is 0 Å². The van der Waals surface area contributed by atoms with Gasteiger partial charge in [0.05, 0.1) is 0 Å². The van der Waals surface area contributed by atoms with Crippen LogP contribution in [-0.2, 0) is 32.3 Å². The first-order valence-electron chi connectivity index (χ1n) is 10.0. The SMILES string of the molecule is O=C(O)CCCCC(C(=O)O)N(C(=O)OCc1ccccc1)C(=O)OCc1ccccc1. The molecule has 170 valence electrons. The van der Waals surface area contributed by atoms with Crippen LogP contribution < -0.4 is 0 Å². The van der Waals surface area contributed by atoms with E-state index in [-0.39, 0.29) is 38.9 Å². The van der Waals surface area contributed by atoms with Crippen LogP contribution in [0.4, 0.5) is 9.59 Å². The molecule has 0 aliphatic heterocycles. The third-order valence-electron chi connectivity index (χ3n) is 4.52. The molecule has 0 fully saturated rings. The van der Waals surface area contributed by atoms with Gasteiger partial charge in [0.2, 0.25) is 0 Å². The largest absolute Gasteiger partial charge is 0.481 e. The number of unbranched alkanes of at least 4 members (excludes halogenated alkanes) is 1. The molecule has 1 atom stereocenters.